The number of nitrogens with zero attached hydrogens (tertiary/aromatic N) is 4. The number of benzene rings is 2. The van der Waals surface area contributed by atoms with Crippen LogP contribution in [0.1, 0.15) is 18.2 Å². The zero-order valence-electron chi connectivity index (χ0n) is 19.6. The van der Waals surface area contributed by atoms with E-state index in [9.17, 15) is 26.4 Å². The van der Waals surface area contributed by atoms with E-state index in [-0.39, 0.29) is 35.3 Å². The van der Waals surface area contributed by atoms with Gasteiger partial charge >= 0.3 is 6.18 Å². The molecule has 1 aliphatic heterocycles. The lowest BCUT2D eigenvalue weighted by molar-refractivity contribution is -0.137. The fourth-order valence-corrected chi connectivity index (χ4v) is 5.32. The van der Waals surface area contributed by atoms with E-state index in [1.165, 1.54) is 47.6 Å². The van der Waals surface area contributed by atoms with Gasteiger partial charge in [0, 0.05) is 56.1 Å². The maximum Gasteiger partial charge on any atom is 0.416 e. The van der Waals surface area contributed by atoms with Gasteiger partial charge in [-0.1, -0.05) is 12.1 Å². The molecule has 0 saturated carbocycles. The van der Waals surface area contributed by atoms with Crippen LogP contribution in [0.2, 0.25) is 0 Å². The Balaban J connectivity index is 1.49. The van der Waals surface area contributed by atoms with E-state index in [2.05, 4.69) is 15.3 Å². The monoisotopic (exact) mass is 519 g/mol. The van der Waals surface area contributed by atoms with Crippen molar-refractivity contribution < 1.29 is 26.4 Å². The van der Waals surface area contributed by atoms with Gasteiger partial charge in [0.05, 0.1) is 10.5 Å². The fraction of sp³-hybridized carbons (Fsp3) is 0.292. The molecule has 1 aliphatic rings. The summed E-state index contributed by atoms with van der Waals surface area (Å²) in [7, 11) is -3.74. The molecule has 1 saturated heterocycles. The molecule has 1 N–H and O–H groups in total. The molecule has 190 valence electrons. The summed E-state index contributed by atoms with van der Waals surface area (Å²) in [5, 5.41) is 2.60. The van der Waals surface area contributed by atoms with Crippen molar-refractivity contribution in [2.24, 2.45) is 0 Å². The summed E-state index contributed by atoms with van der Waals surface area (Å²) in [6, 6.07) is 12.5. The van der Waals surface area contributed by atoms with Crippen molar-refractivity contribution >= 4 is 27.4 Å². The zero-order valence-corrected chi connectivity index (χ0v) is 20.4. The molecule has 12 heteroatoms. The van der Waals surface area contributed by atoms with Gasteiger partial charge in [0.25, 0.3) is 0 Å². The molecule has 0 radical (unpaired) electrons. The maximum absolute atomic E-state index is 13.1. The number of aromatic nitrogens is 2. The minimum atomic E-state index is -4.48. The van der Waals surface area contributed by atoms with Gasteiger partial charge in [-0.05, 0) is 43.3 Å². The topological polar surface area (TPSA) is 95.5 Å². The van der Waals surface area contributed by atoms with Crippen LogP contribution in [0.4, 0.5) is 24.7 Å². The number of alkyl halides is 3. The lowest BCUT2D eigenvalue weighted by atomic mass is 10.1. The largest absolute Gasteiger partial charge is 0.416 e. The van der Waals surface area contributed by atoms with Crippen molar-refractivity contribution in [1.29, 1.82) is 0 Å². The van der Waals surface area contributed by atoms with Crippen LogP contribution in [-0.4, -0.2) is 54.8 Å². The average molecular weight is 520 g/mol. The van der Waals surface area contributed by atoms with Crippen LogP contribution < -0.4 is 10.2 Å². The number of hydrogen-bond acceptors (Lipinski definition) is 6. The van der Waals surface area contributed by atoms with E-state index in [0.717, 1.165) is 12.1 Å². The van der Waals surface area contributed by atoms with Crippen LogP contribution in [0.25, 0.3) is 11.4 Å². The summed E-state index contributed by atoms with van der Waals surface area (Å²) in [5.74, 6) is 0.440. The molecule has 0 aliphatic carbocycles. The second-order valence-electron chi connectivity index (χ2n) is 8.37. The third-order valence-corrected chi connectivity index (χ3v) is 7.58. The number of carbonyl (C=O) groups is 1. The van der Waals surface area contributed by atoms with Gasteiger partial charge < -0.3 is 10.2 Å². The first-order chi connectivity index (χ1) is 16.9. The van der Waals surface area contributed by atoms with Gasteiger partial charge in [0.1, 0.15) is 5.82 Å². The second-order valence-corrected chi connectivity index (χ2v) is 10.3. The molecule has 2 aromatic carbocycles. The van der Waals surface area contributed by atoms with E-state index in [0.29, 0.717) is 30.3 Å². The van der Waals surface area contributed by atoms with Crippen LogP contribution in [0, 0.1) is 6.92 Å². The van der Waals surface area contributed by atoms with E-state index in [1.807, 2.05) is 4.90 Å². The number of carbonyl (C=O) groups excluding carboxylic acids is 1. The third kappa shape index (κ3) is 5.65. The molecule has 36 heavy (non-hydrogen) atoms. The summed E-state index contributed by atoms with van der Waals surface area (Å²) >= 11 is 0. The van der Waals surface area contributed by atoms with E-state index >= 15 is 0 Å². The van der Waals surface area contributed by atoms with E-state index in [1.54, 1.807) is 13.0 Å². The van der Waals surface area contributed by atoms with Gasteiger partial charge in [-0.3, -0.25) is 4.79 Å². The van der Waals surface area contributed by atoms with Gasteiger partial charge in [-0.25, -0.2) is 18.4 Å². The molecule has 0 atom stereocenters. The molecule has 0 bridgehead atoms. The summed E-state index contributed by atoms with van der Waals surface area (Å²) < 4.78 is 66.9. The van der Waals surface area contributed by atoms with Crippen LogP contribution >= 0.6 is 0 Å². The number of halogens is 3. The number of piperazine rings is 1. The SMILES string of the molecule is CC(=O)Nc1ccc(S(=O)(=O)N2CCN(c3cc(C)nc(-c4cccc(C(F)(F)F)c4)n3)CC2)cc1. The normalized spacial score (nSPS) is 15.1. The maximum atomic E-state index is 13.1. The minimum Gasteiger partial charge on any atom is -0.354 e. The number of aryl methyl sites for hydroxylation is 1. The molecule has 1 fully saturated rings. The molecule has 3 aromatic rings. The Bertz CT molecular complexity index is 1370. The van der Waals surface area contributed by atoms with Crippen LogP contribution in [-0.2, 0) is 21.0 Å². The number of anilines is 2. The zero-order chi connectivity index (χ0) is 26.1. The molecule has 4 rings (SSSR count). The Morgan fingerprint density at radius 3 is 2.25 bits per heavy atom. The molecule has 1 aromatic heterocycles. The fourth-order valence-electron chi connectivity index (χ4n) is 3.90. The van der Waals surface area contributed by atoms with Crippen molar-refractivity contribution in [3.05, 3.63) is 65.9 Å². The summed E-state index contributed by atoms with van der Waals surface area (Å²) in [5.41, 5.74) is 0.554. The van der Waals surface area contributed by atoms with Gasteiger partial charge in [-0.15, -0.1) is 0 Å². The Labute approximate surface area is 206 Å². The average Bonchev–Trinajstić information content (AvgIpc) is 2.83. The minimum absolute atomic E-state index is 0.120. The first-order valence-corrected chi connectivity index (χ1v) is 12.5. The molecule has 2 heterocycles. The number of rotatable bonds is 5. The van der Waals surface area contributed by atoms with Crippen molar-refractivity contribution in [2.45, 2.75) is 24.9 Å². The van der Waals surface area contributed by atoms with Gasteiger partial charge in [0.2, 0.25) is 15.9 Å². The van der Waals surface area contributed by atoms with Crippen molar-refractivity contribution in [1.82, 2.24) is 14.3 Å². The Hall–Kier alpha value is -3.51. The number of amides is 1. The highest BCUT2D eigenvalue weighted by molar-refractivity contribution is 7.89. The lowest BCUT2D eigenvalue weighted by Crippen LogP contribution is -2.49. The predicted octanol–water partition coefficient (Wildman–Crippen LogP) is 3.94. The number of hydrogen-bond donors (Lipinski definition) is 1. The van der Waals surface area contributed by atoms with Crippen molar-refractivity contribution in [3.63, 3.8) is 0 Å². The third-order valence-electron chi connectivity index (χ3n) is 5.66. The second kappa shape index (κ2) is 9.86. The predicted molar refractivity (Wildman–Crippen MR) is 129 cm³/mol. The quantitative estimate of drug-likeness (QED) is 0.549. The van der Waals surface area contributed by atoms with Gasteiger partial charge in [0.15, 0.2) is 5.82 Å². The number of sulfonamides is 1. The summed E-state index contributed by atoms with van der Waals surface area (Å²) in [6.45, 7) is 4.21. The highest BCUT2D eigenvalue weighted by Crippen LogP contribution is 2.32. The smallest absolute Gasteiger partial charge is 0.354 e. The molecule has 0 spiro atoms. The molecule has 8 nitrogen and oxygen atoms in total. The van der Waals surface area contributed by atoms with Gasteiger partial charge in [-0.2, -0.15) is 17.5 Å². The van der Waals surface area contributed by atoms with Crippen molar-refractivity contribution in [2.75, 3.05) is 36.4 Å². The Morgan fingerprint density at radius 2 is 1.64 bits per heavy atom. The Kier molecular flexibility index (Phi) is 7.01. The standard InChI is InChI=1S/C24H24F3N5O3S/c1-16-14-22(30-23(28-16)18-4-3-5-19(15-18)24(25,26)27)31-10-12-32(13-11-31)36(34,35)21-8-6-20(7-9-21)29-17(2)33/h3-9,14-15H,10-13H2,1-2H3,(H,29,33). The molecular weight excluding hydrogens is 495 g/mol. The van der Waals surface area contributed by atoms with Crippen molar-refractivity contribution in [3.8, 4) is 11.4 Å². The molecule has 1 amide bonds. The first-order valence-electron chi connectivity index (χ1n) is 11.1. The highest BCUT2D eigenvalue weighted by Gasteiger charge is 2.31. The van der Waals surface area contributed by atoms with Crippen LogP contribution in [0.5, 0.6) is 0 Å². The highest BCUT2D eigenvalue weighted by atomic mass is 32.2. The summed E-state index contributed by atoms with van der Waals surface area (Å²) in [6.07, 6.45) is -4.48. The lowest BCUT2D eigenvalue weighted by Gasteiger charge is -2.34. The van der Waals surface area contributed by atoms with E-state index in [4.69, 9.17) is 0 Å². The Morgan fingerprint density at radius 1 is 0.972 bits per heavy atom. The molecule has 0 unspecified atom stereocenters. The van der Waals surface area contributed by atoms with E-state index < -0.39 is 21.8 Å². The summed E-state index contributed by atoms with van der Waals surface area (Å²) in [4.78, 5) is 22.0. The van der Waals surface area contributed by atoms with Crippen LogP contribution in [0.15, 0.2) is 59.5 Å². The number of nitrogens with one attached hydrogen (secondary N) is 1. The molecular formula is C24H24F3N5O3S. The first kappa shape index (κ1) is 25.6. The van der Waals surface area contributed by atoms with Crippen LogP contribution in [0.3, 0.4) is 0 Å².